The van der Waals surface area contributed by atoms with E-state index in [2.05, 4.69) is 4.98 Å². The van der Waals surface area contributed by atoms with Crippen molar-refractivity contribution in [1.82, 2.24) is 9.38 Å². The zero-order chi connectivity index (χ0) is 14.3. The fourth-order valence-electron chi connectivity index (χ4n) is 2.73. The van der Waals surface area contributed by atoms with Crippen LogP contribution in [-0.2, 0) is 4.79 Å². The van der Waals surface area contributed by atoms with Gasteiger partial charge in [0.1, 0.15) is 11.5 Å². The number of pyridine rings is 1. The average Bonchev–Trinajstić information content (AvgIpc) is 2.81. The van der Waals surface area contributed by atoms with E-state index in [1.54, 1.807) is 18.3 Å². The predicted molar refractivity (Wildman–Crippen MR) is 75.5 cm³/mol. The molecule has 20 heavy (non-hydrogen) atoms. The molecule has 6 nitrogen and oxygen atoms in total. The highest BCUT2D eigenvalue weighted by atomic mass is 16.1. The molecular weight excluding hydrogens is 256 g/mol. The van der Waals surface area contributed by atoms with E-state index < -0.39 is 0 Å². The van der Waals surface area contributed by atoms with E-state index in [1.165, 1.54) is 10.5 Å². The Kier molecular flexibility index (Phi) is 2.93. The summed E-state index contributed by atoms with van der Waals surface area (Å²) in [5.41, 5.74) is 5.87. The van der Waals surface area contributed by atoms with Crippen molar-refractivity contribution in [3.8, 4) is 0 Å². The van der Waals surface area contributed by atoms with Gasteiger partial charge in [-0.1, -0.05) is 13.0 Å². The first-order valence-electron chi connectivity index (χ1n) is 6.59. The van der Waals surface area contributed by atoms with Crippen molar-refractivity contribution in [3.63, 3.8) is 0 Å². The summed E-state index contributed by atoms with van der Waals surface area (Å²) in [4.78, 5) is 29.9. The van der Waals surface area contributed by atoms with Crippen LogP contribution in [0.5, 0.6) is 0 Å². The van der Waals surface area contributed by atoms with Gasteiger partial charge >= 0.3 is 0 Å². The van der Waals surface area contributed by atoms with Crippen LogP contribution in [0.1, 0.15) is 6.92 Å². The van der Waals surface area contributed by atoms with E-state index in [0.29, 0.717) is 24.6 Å². The largest absolute Gasteiger partial charge is 0.369 e. The van der Waals surface area contributed by atoms with Crippen molar-refractivity contribution < 1.29 is 4.79 Å². The molecule has 0 spiro atoms. The monoisotopic (exact) mass is 272 g/mol. The third-order valence-electron chi connectivity index (χ3n) is 3.86. The number of rotatable bonds is 2. The Hall–Kier alpha value is -2.37. The Bertz CT molecular complexity index is 724. The second-order valence-electron chi connectivity index (χ2n) is 5.27. The van der Waals surface area contributed by atoms with E-state index in [9.17, 15) is 9.59 Å². The summed E-state index contributed by atoms with van der Waals surface area (Å²) in [6, 6.07) is 6.92. The topological polar surface area (TPSA) is 80.7 Å². The lowest BCUT2D eigenvalue weighted by atomic mass is 9.98. The normalized spacial score (nSPS) is 22.4. The number of nitrogens with zero attached hydrogens (tertiary/aromatic N) is 3. The van der Waals surface area contributed by atoms with Gasteiger partial charge < -0.3 is 10.6 Å². The first-order valence-corrected chi connectivity index (χ1v) is 6.59. The lowest BCUT2D eigenvalue weighted by Crippen LogP contribution is -2.29. The van der Waals surface area contributed by atoms with Crippen LogP contribution in [0.3, 0.4) is 0 Å². The number of anilines is 1. The van der Waals surface area contributed by atoms with Crippen LogP contribution >= 0.6 is 0 Å². The molecule has 1 amide bonds. The molecule has 1 aliphatic heterocycles. The number of aromatic nitrogens is 2. The van der Waals surface area contributed by atoms with Crippen molar-refractivity contribution >= 4 is 17.4 Å². The van der Waals surface area contributed by atoms with Gasteiger partial charge in [-0.05, 0) is 18.1 Å². The minimum absolute atomic E-state index is 0.124. The molecule has 0 aromatic carbocycles. The maximum absolute atomic E-state index is 12.1. The Labute approximate surface area is 115 Å². The number of carbonyl (C=O) groups is 1. The van der Waals surface area contributed by atoms with Gasteiger partial charge in [0.15, 0.2) is 0 Å². The number of hydrogen-bond donors (Lipinski definition) is 1. The minimum Gasteiger partial charge on any atom is -0.369 e. The first-order chi connectivity index (χ1) is 9.56. The van der Waals surface area contributed by atoms with Crippen molar-refractivity contribution in [2.45, 2.75) is 6.92 Å². The van der Waals surface area contributed by atoms with Crippen LogP contribution in [-0.4, -0.2) is 28.4 Å². The molecule has 6 heteroatoms. The van der Waals surface area contributed by atoms with Gasteiger partial charge in [0.25, 0.3) is 5.56 Å². The van der Waals surface area contributed by atoms with E-state index in [-0.39, 0.29) is 23.3 Å². The summed E-state index contributed by atoms with van der Waals surface area (Å²) in [6.45, 7) is 3.19. The van der Waals surface area contributed by atoms with Crippen molar-refractivity contribution in [3.05, 3.63) is 40.8 Å². The maximum Gasteiger partial charge on any atom is 0.259 e. The van der Waals surface area contributed by atoms with Crippen LogP contribution in [0.15, 0.2) is 35.3 Å². The number of primary amides is 1. The molecule has 104 valence electrons. The zero-order valence-corrected chi connectivity index (χ0v) is 11.2. The fourth-order valence-corrected chi connectivity index (χ4v) is 2.73. The molecule has 2 aromatic heterocycles. The van der Waals surface area contributed by atoms with Gasteiger partial charge in [0, 0.05) is 25.4 Å². The third kappa shape index (κ3) is 2.03. The lowest BCUT2D eigenvalue weighted by Gasteiger charge is -2.17. The van der Waals surface area contributed by atoms with Crippen LogP contribution in [0, 0.1) is 11.8 Å². The SMILES string of the molecule is C[C@@H]1CN(c2cc(=O)n3ccccc3n2)C[C@H]1C(N)=O. The molecule has 2 aromatic rings. The minimum atomic E-state index is -0.294. The van der Waals surface area contributed by atoms with Gasteiger partial charge in [-0.2, -0.15) is 0 Å². The van der Waals surface area contributed by atoms with Crippen molar-refractivity contribution in [2.75, 3.05) is 18.0 Å². The summed E-state index contributed by atoms with van der Waals surface area (Å²) in [5, 5.41) is 0. The molecule has 3 rings (SSSR count). The first kappa shape index (κ1) is 12.7. The number of fused-ring (bicyclic) bond motifs is 1. The molecule has 0 radical (unpaired) electrons. The van der Waals surface area contributed by atoms with E-state index >= 15 is 0 Å². The van der Waals surface area contributed by atoms with E-state index in [1.807, 2.05) is 17.9 Å². The molecule has 1 aliphatic rings. The van der Waals surface area contributed by atoms with E-state index in [0.717, 1.165) is 0 Å². The Morgan fingerprint density at radius 3 is 2.90 bits per heavy atom. The molecule has 1 saturated heterocycles. The number of carbonyl (C=O) groups excluding carboxylic acids is 1. The highest BCUT2D eigenvalue weighted by molar-refractivity contribution is 5.78. The molecule has 0 bridgehead atoms. The highest BCUT2D eigenvalue weighted by Crippen LogP contribution is 2.26. The molecule has 1 fully saturated rings. The van der Waals surface area contributed by atoms with Gasteiger partial charge in [-0.15, -0.1) is 0 Å². The maximum atomic E-state index is 12.1. The third-order valence-corrected chi connectivity index (χ3v) is 3.86. The number of amides is 1. The standard InChI is InChI=1S/C14H16N4O2/c1-9-7-17(8-10(9)14(15)20)12-6-13(19)18-5-3-2-4-11(18)16-12/h2-6,9-10H,7-8H2,1H3,(H2,15,20)/t9-,10-/m1/s1. The molecule has 0 unspecified atom stereocenters. The van der Waals surface area contributed by atoms with Crippen molar-refractivity contribution in [2.24, 2.45) is 17.6 Å². The fraction of sp³-hybridized carbons (Fsp3) is 0.357. The van der Waals surface area contributed by atoms with Crippen LogP contribution in [0.25, 0.3) is 5.65 Å². The Balaban J connectivity index is 2.00. The summed E-state index contributed by atoms with van der Waals surface area (Å²) in [7, 11) is 0. The Morgan fingerprint density at radius 1 is 1.40 bits per heavy atom. The molecule has 2 atom stereocenters. The summed E-state index contributed by atoms with van der Waals surface area (Å²) in [5.74, 6) is 0.295. The van der Waals surface area contributed by atoms with Gasteiger partial charge in [-0.3, -0.25) is 14.0 Å². The smallest absolute Gasteiger partial charge is 0.259 e. The van der Waals surface area contributed by atoms with Crippen LogP contribution in [0.2, 0.25) is 0 Å². The second-order valence-corrected chi connectivity index (χ2v) is 5.27. The summed E-state index contributed by atoms with van der Waals surface area (Å²) in [6.07, 6.45) is 1.69. The average molecular weight is 272 g/mol. The second kappa shape index (κ2) is 4.63. The van der Waals surface area contributed by atoms with Gasteiger partial charge in [0.2, 0.25) is 5.91 Å². The van der Waals surface area contributed by atoms with Crippen LogP contribution in [0.4, 0.5) is 5.82 Å². The summed E-state index contributed by atoms with van der Waals surface area (Å²) < 4.78 is 1.49. The highest BCUT2D eigenvalue weighted by Gasteiger charge is 2.34. The molecular formula is C14H16N4O2. The number of hydrogen-bond acceptors (Lipinski definition) is 4. The van der Waals surface area contributed by atoms with E-state index in [4.69, 9.17) is 5.73 Å². The molecule has 3 heterocycles. The molecule has 0 saturated carbocycles. The quantitative estimate of drug-likeness (QED) is 0.850. The zero-order valence-electron chi connectivity index (χ0n) is 11.2. The van der Waals surface area contributed by atoms with Crippen LogP contribution < -0.4 is 16.2 Å². The van der Waals surface area contributed by atoms with Gasteiger partial charge in [0.05, 0.1) is 5.92 Å². The Morgan fingerprint density at radius 2 is 2.20 bits per heavy atom. The molecule has 0 aliphatic carbocycles. The summed E-state index contributed by atoms with van der Waals surface area (Å²) >= 11 is 0. The predicted octanol–water partition coefficient (Wildman–Crippen LogP) is 0.252. The lowest BCUT2D eigenvalue weighted by molar-refractivity contribution is -0.122. The van der Waals surface area contributed by atoms with Crippen molar-refractivity contribution in [1.29, 1.82) is 0 Å². The molecule has 2 N–H and O–H groups in total. The van der Waals surface area contributed by atoms with Gasteiger partial charge in [-0.25, -0.2) is 4.98 Å². The number of nitrogens with two attached hydrogens (primary N) is 1.